The first-order valence-electron chi connectivity index (χ1n) is 14.6. The average molecular weight is 609 g/mol. The van der Waals surface area contributed by atoms with Gasteiger partial charge in [0.25, 0.3) is 0 Å². The Morgan fingerprint density at radius 2 is 1.82 bits per heavy atom. The second-order valence-electron chi connectivity index (χ2n) is 11.0. The van der Waals surface area contributed by atoms with E-state index < -0.39 is 29.3 Å². The number of aryl methyl sites for hydroxylation is 1. The average Bonchev–Trinajstić information content (AvgIpc) is 3.00. The van der Waals surface area contributed by atoms with Crippen LogP contribution in [0.15, 0.2) is 76.6 Å². The second kappa shape index (κ2) is 13.6. The van der Waals surface area contributed by atoms with Crippen LogP contribution in [0.5, 0.6) is 0 Å². The molecule has 232 valence electrons. The van der Waals surface area contributed by atoms with Gasteiger partial charge in [0.05, 0.1) is 11.6 Å². The predicted octanol–water partition coefficient (Wildman–Crippen LogP) is 6.77. The van der Waals surface area contributed by atoms with Crippen molar-refractivity contribution in [2.24, 2.45) is 7.05 Å². The van der Waals surface area contributed by atoms with Gasteiger partial charge in [-0.25, -0.2) is 14.2 Å². The molecule has 3 heterocycles. The van der Waals surface area contributed by atoms with Crippen LogP contribution in [0, 0.1) is 17.1 Å². The fraction of sp³-hybridized carbons (Fsp3) is 0.394. The number of aromatic nitrogens is 3. The summed E-state index contributed by atoms with van der Waals surface area (Å²) in [5.41, 5.74) is 1.40. The topological polar surface area (TPSA) is 78.0 Å². The van der Waals surface area contributed by atoms with Crippen LogP contribution in [0.1, 0.15) is 57.8 Å². The molecule has 0 bridgehead atoms. The van der Waals surface area contributed by atoms with E-state index in [1.54, 1.807) is 31.3 Å². The Labute approximate surface area is 254 Å². The van der Waals surface area contributed by atoms with Gasteiger partial charge in [-0.05, 0) is 62.1 Å². The first kappa shape index (κ1) is 32.6. The number of allylic oxidation sites excluding steroid dienone is 4. The lowest BCUT2D eigenvalue weighted by atomic mass is 9.91. The highest BCUT2D eigenvalue weighted by Crippen LogP contribution is 2.37. The highest BCUT2D eigenvalue weighted by Gasteiger charge is 2.38. The lowest BCUT2D eigenvalue weighted by molar-refractivity contribution is -0.0913. The van der Waals surface area contributed by atoms with E-state index in [0.29, 0.717) is 48.4 Å². The Kier molecular flexibility index (Phi) is 10.0. The Hall–Kier alpha value is -4.30. The third-order valence-corrected chi connectivity index (χ3v) is 8.03. The van der Waals surface area contributed by atoms with Crippen LogP contribution < -0.4 is 10.6 Å². The van der Waals surface area contributed by atoms with Crippen LogP contribution in [-0.4, -0.2) is 50.8 Å². The summed E-state index contributed by atoms with van der Waals surface area (Å²) >= 11 is 0. The van der Waals surface area contributed by atoms with E-state index in [4.69, 9.17) is 0 Å². The number of anilines is 1. The molecule has 1 aliphatic rings. The summed E-state index contributed by atoms with van der Waals surface area (Å²) < 4.78 is 55.7. The fourth-order valence-electron chi connectivity index (χ4n) is 5.54. The highest BCUT2D eigenvalue weighted by molar-refractivity contribution is 5.86. The number of hydrogen-bond donors (Lipinski definition) is 0. The number of benzene rings is 1. The maximum Gasteiger partial charge on any atom is 0.412 e. The van der Waals surface area contributed by atoms with Crippen molar-refractivity contribution in [1.29, 1.82) is 5.26 Å². The van der Waals surface area contributed by atoms with Gasteiger partial charge >= 0.3 is 11.9 Å². The minimum absolute atomic E-state index is 0.132. The molecule has 3 atom stereocenters. The number of piperazine rings is 1. The van der Waals surface area contributed by atoms with E-state index in [1.807, 2.05) is 43.9 Å². The zero-order chi connectivity index (χ0) is 32.2. The molecule has 0 saturated carbocycles. The predicted molar refractivity (Wildman–Crippen MR) is 164 cm³/mol. The van der Waals surface area contributed by atoms with Gasteiger partial charge in [0.1, 0.15) is 23.1 Å². The van der Waals surface area contributed by atoms with Crippen LogP contribution in [0.3, 0.4) is 0 Å². The molecule has 2 unspecified atom stereocenters. The van der Waals surface area contributed by atoms with E-state index in [0.717, 1.165) is 18.6 Å². The van der Waals surface area contributed by atoms with Crippen molar-refractivity contribution < 1.29 is 17.6 Å². The van der Waals surface area contributed by atoms with Gasteiger partial charge in [0.15, 0.2) is 5.82 Å². The number of hydrogen-bond acceptors (Lipinski definition) is 6. The van der Waals surface area contributed by atoms with Gasteiger partial charge in [-0.3, -0.25) is 9.47 Å². The van der Waals surface area contributed by atoms with Crippen molar-refractivity contribution in [2.45, 2.75) is 64.8 Å². The minimum Gasteiger partial charge on any atom is -0.349 e. The molecule has 44 heavy (non-hydrogen) atoms. The van der Waals surface area contributed by atoms with Crippen molar-refractivity contribution in [1.82, 2.24) is 19.4 Å². The van der Waals surface area contributed by atoms with Gasteiger partial charge in [0.2, 0.25) is 0 Å². The van der Waals surface area contributed by atoms with Gasteiger partial charge in [-0.2, -0.15) is 23.4 Å². The van der Waals surface area contributed by atoms with Crippen LogP contribution >= 0.6 is 0 Å². The molecule has 2 aromatic heterocycles. The summed E-state index contributed by atoms with van der Waals surface area (Å²) in [5.74, 6) is -0.0254. The van der Waals surface area contributed by atoms with Crippen molar-refractivity contribution in [3.05, 3.63) is 99.4 Å². The summed E-state index contributed by atoms with van der Waals surface area (Å²) in [6.07, 6.45) is 3.19. The van der Waals surface area contributed by atoms with E-state index in [-0.39, 0.29) is 17.8 Å². The molecule has 1 saturated heterocycles. The third kappa shape index (κ3) is 6.91. The molecule has 11 heteroatoms. The van der Waals surface area contributed by atoms with Crippen LogP contribution in [0.4, 0.5) is 23.4 Å². The summed E-state index contributed by atoms with van der Waals surface area (Å²) in [6, 6.07) is 10.5. The van der Waals surface area contributed by atoms with Gasteiger partial charge < -0.3 is 4.90 Å². The number of nitriles is 1. The molecule has 7 nitrogen and oxygen atoms in total. The van der Waals surface area contributed by atoms with Crippen molar-refractivity contribution in [3.63, 3.8) is 0 Å². The zero-order valence-corrected chi connectivity index (χ0v) is 25.4. The first-order valence-corrected chi connectivity index (χ1v) is 14.6. The number of pyridine rings is 1. The normalized spacial score (nSPS) is 19.5. The first-order chi connectivity index (χ1) is 20.9. The second-order valence-corrected chi connectivity index (χ2v) is 11.0. The molecule has 0 N–H and O–H groups in total. The number of nitrogens with zero attached hydrogens (tertiary/aromatic N) is 6. The Bertz CT molecular complexity index is 1680. The smallest absolute Gasteiger partial charge is 0.349 e. The fourth-order valence-corrected chi connectivity index (χ4v) is 5.54. The summed E-state index contributed by atoms with van der Waals surface area (Å²) in [5, 5.41) is 9.49. The van der Waals surface area contributed by atoms with E-state index in [9.17, 15) is 27.6 Å². The van der Waals surface area contributed by atoms with Crippen molar-refractivity contribution >= 4 is 16.9 Å². The Morgan fingerprint density at radius 3 is 2.43 bits per heavy atom. The molecule has 1 aromatic carbocycles. The molecular weight excluding hydrogens is 572 g/mol. The Morgan fingerprint density at radius 1 is 1.11 bits per heavy atom. The maximum atomic E-state index is 14.0. The lowest BCUT2D eigenvalue weighted by Gasteiger charge is -2.49. The molecule has 0 amide bonds. The largest absolute Gasteiger partial charge is 0.412 e. The quantitative estimate of drug-likeness (QED) is 0.208. The van der Waals surface area contributed by atoms with Crippen LogP contribution in [0.2, 0.25) is 0 Å². The summed E-state index contributed by atoms with van der Waals surface area (Å²) in [4.78, 5) is 26.0. The molecule has 4 rings (SSSR count). The van der Waals surface area contributed by atoms with Gasteiger partial charge in [-0.1, -0.05) is 50.3 Å². The summed E-state index contributed by atoms with van der Waals surface area (Å²) in [7, 11) is 1.60. The molecule has 0 radical (unpaired) electrons. The summed E-state index contributed by atoms with van der Waals surface area (Å²) in [6.45, 7) is 7.88. The van der Waals surface area contributed by atoms with Crippen LogP contribution in [-0.2, 0) is 7.05 Å². The number of alkyl halides is 3. The monoisotopic (exact) mass is 608 g/mol. The van der Waals surface area contributed by atoms with E-state index in [2.05, 4.69) is 14.9 Å². The van der Waals surface area contributed by atoms with Crippen molar-refractivity contribution in [2.75, 3.05) is 18.0 Å². The van der Waals surface area contributed by atoms with E-state index >= 15 is 0 Å². The minimum atomic E-state index is -4.46. The number of rotatable bonds is 8. The molecule has 0 spiro atoms. The molecule has 0 aliphatic carbocycles. The van der Waals surface area contributed by atoms with E-state index in [1.165, 1.54) is 22.8 Å². The number of halogens is 4. The molecular formula is C33H36F4N6O. The third-order valence-electron chi connectivity index (χ3n) is 8.03. The SMILES string of the molecule is CC/C=C/C(=C\C=C(/C)C(F)(F)F)C(c1ccc(F)cc1)N1CC(C)N(c2nc(=O)n(C)c3ccc(C#N)nc23)C[C@H]1CC. The lowest BCUT2D eigenvalue weighted by Crippen LogP contribution is -2.58. The Balaban J connectivity index is 1.84. The van der Waals surface area contributed by atoms with Gasteiger partial charge in [-0.15, -0.1) is 0 Å². The van der Waals surface area contributed by atoms with Gasteiger partial charge in [0, 0.05) is 37.8 Å². The zero-order valence-electron chi connectivity index (χ0n) is 25.4. The highest BCUT2D eigenvalue weighted by atomic mass is 19.4. The van der Waals surface area contributed by atoms with Crippen LogP contribution in [0.25, 0.3) is 11.0 Å². The maximum absolute atomic E-state index is 14.0. The van der Waals surface area contributed by atoms with Crippen molar-refractivity contribution in [3.8, 4) is 6.07 Å². The molecule has 1 fully saturated rings. The molecule has 3 aromatic rings. The molecule has 1 aliphatic heterocycles. The number of fused-ring (bicyclic) bond motifs is 1. The standard InChI is InChI=1S/C33H36F4N6O/c1-6-8-9-23(11-10-21(3)33(35,36)37)30(24-12-14-25(34)15-13-24)43-19-22(4)42(20-27(43)7-2)31-29-28(41(5)32(44)40-31)17-16-26(18-38)39-29/h8-17,22,27,30H,6-7,19-20H2,1-5H3/b9-8+,21-10+,23-11+/t22?,27-,30?/m1/s1.